The van der Waals surface area contributed by atoms with Crippen molar-refractivity contribution in [3.05, 3.63) is 58.7 Å². The second-order valence-corrected chi connectivity index (χ2v) is 9.43. The Morgan fingerprint density at radius 1 is 1.00 bits per heavy atom. The molecule has 6 nitrogen and oxygen atoms in total. The van der Waals surface area contributed by atoms with E-state index in [1.807, 2.05) is 6.07 Å². The van der Waals surface area contributed by atoms with E-state index in [9.17, 15) is 5.26 Å². The van der Waals surface area contributed by atoms with Crippen LogP contribution in [-0.4, -0.2) is 56.3 Å². The summed E-state index contributed by atoms with van der Waals surface area (Å²) >= 11 is 0. The number of hydrogen-bond acceptors (Lipinski definition) is 6. The van der Waals surface area contributed by atoms with Gasteiger partial charge in [-0.15, -0.1) is 0 Å². The number of nitriles is 1. The maximum atomic E-state index is 9.55. The van der Waals surface area contributed by atoms with E-state index in [2.05, 4.69) is 74.7 Å². The molecule has 0 saturated carbocycles. The number of hydrogen-bond donors (Lipinski definition) is 2. The summed E-state index contributed by atoms with van der Waals surface area (Å²) in [5.74, 6) is 0. The van der Waals surface area contributed by atoms with E-state index >= 15 is 0 Å². The molecule has 2 saturated heterocycles. The number of anilines is 3. The first kappa shape index (κ1) is 19.7. The standard InChI is InChI=1S/C26H30N6/c1-18-15-31(25-8-7-19(12-27)26-22(25)5-3-9-29-26)17-21-16-30(10-11-32(18)21)24-6-2-4-20-13-28-14-23(20)24/h2-8,18,21,28-29H,9-11,13-17H2,1H3/t18-,21+/m1/s1. The highest BCUT2D eigenvalue weighted by Crippen LogP contribution is 2.37. The van der Waals surface area contributed by atoms with E-state index in [-0.39, 0.29) is 0 Å². The zero-order chi connectivity index (χ0) is 21.7. The summed E-state index contributed by atoms with van der Waals surface area (Å²) in [7, 11) is 0. The first-order valence-electron chi connectivity index (χ1n) is 11.8. The zero-order valence-corrected chi connectivity index (χ0v) is 18.6. The summed E-state index contributed by atoms with van der Waals surface area (Å²) in [5, 5.41) is 16.5. The van der Waals surface area contributed by atoms with Crippen LogP contribution in [0.25, 0.3) is 6.08 Å². The number of nitrogens with zero attached hydrogens (tertiary/aromatic N) is 4. The minimum absolute atomic E-state index is 0.490. The summed E-state index contributed by atoms with van der Waals surface area (Å²) in [6, 6.07) is 14.2. The Hall–Kier alpha value is -3.01. The van der Waals surface area contributed by atoms with Gasteiger partial charge in [0.05, 0.1) is 11.3 Å². The van der Waals surface area contributed by atoms with Crippen LogP contribution in [0.2, 0.25) is 0 Å². The molecule has 4 aliphatic rings. The third kappa shape index (κ3) is 3.16. The topological polar surface area (TPSA) is 57.6 Å². The molecule has 6 heteroatoms. The van der Waals surface area contributed by atoms with Gasteiger partial charge in [0.15, 0.2) is 0 Å². The molecule has 164 valence electrons. The third-order valence-corrected chi connectivity index (χ3v) is 7.58. The average molecular weight is 427 g/mol. The number of rotatable bonds is 2. The van der Waals surface area contributed by atoms with Crippen molar-refractivity contribution in [2.75, 3.05) is 54.4 Å². The molecular weight excluding hydrogens is 396 g/mol. The lowest BCUT2D eigenvalue weighted by atomic mass is 9.97. The van der Waals surface area contributed by atoms with Crippen molar-refractivity contribution in [2.24, 2.45) is 0 Å². The number of fused-ring (bicyclic) bond motifs is 3. The van der Waals surface area contributed by atoms with Crippen LogP contribution >= 0.6 is 0 Å². The van der Waals surface area contributed by atoms with Gasteiger partial charge in [0.1, 0.15) is 6.07 Å². The smallest absolute Gasteiger partial charge is 0.101 e. The first-order chi connectivity index (χ1) is 15.7. The Bertz CT molecular complexity index is 1120. The van der Waals surface area contributed by atoms with Crippen molar-refractivity contribution >= 4 is 23.1 Å². The summed E-state index contributed by atoms with van der Waals surface area (Å²) in [4.78, 5) is 7.86. The fourth-order valence-electron chi connectivity index (χ4n) is 6.06. The second-order valence-electron chi connectivity index (χ2n) is 9.43. The van der Waals surface area contributed by atoms with Gasteiger partial charge in [-0.2, -0.15) is 5.26 Å². The van der Waals surface area contributed by atoms with Gasteiger partial charge in [-0.05, 0) is 36.2 Å². The summed E-state index contributed by atoms with van der Waals surface area (Å²) in [6.07, 6.45) is 4.34. The van der Waals surface area contributed by atoms with Crippen molar-refractivity contribution in [1.29, 1.82) is 5.26 Å². The predicted octanol–water partition coefficient (Wildman–Crippen LogP) is 3.00. The normalized spacial score (nSPS) is 24.4. The van der Waals surface area contributed by atoms with Crippen LogP contribution in [0.3, 0.4) is 0 Å². The van der Waals surface area contributed by atoms with E-state index < -0.39 is 0 Å². The van der Waals surface area contributed by atoms with Crippen molar-refractivity contribution < 1.29 is 0 Å². The number of benzene rings is 2. The Kier molecular flexibility index (Phi) is 4.82. The van der Waals surface area contributed by atoms with Gasteiger partial charge in [0.25, 0.3) is 0 Å². The molecule has 2 N–H and O–H groups in total. The summed E-state index contributed by atoms with van der Waals surface area (Å²) < 4.78 is 0. The van der Waals surface area contributed by atoms with Crippen molar-refractivity contribution in [3.8, 4) is 6.07 Å². The molecule has 0 amide bonds. The van der Waals surface area contributed by atoms with Crippen LogP contribution in [0.1, 0.15) is 29.2 Å². The van der Waals surface area contributed by atoms with E-state index in [4.69, 9.17) is 0 Å². The molecule has 2 atom stereocenters. The molecule has 0 aromatic heterocycles. The van der Waals surface area contributed by atoms with Crippen molar-refractivity contribution in [3.63, 3.8) is 0 Å². The highest BCUT2D eigenvalue weighted by atomic mass is 15.4. The Morgan fingerprint density at radius 3 is 2.81 bits per heavy atom. The van der Waals surface area contributed by atoms with Gasteiger partial charge in [0, 0.05) is 81.4 Å². The molecule has 2 fully saturated rings. The maximum Gasteiger partial charge on any atom is 0.101 e. The molecule has 4 heterocycles. The lowest BCUT2D eigenvalue weighted by Crippen LogP contribution is -2.65. The first-order valence-corrected chi connectivity index (χ1v) is 11.8. The lowest BCUT2D eigenvalue weighted by Gasteiger charge is -2.52. The minimum atomic E-state index is 0.490. The van der Waals surface area contributed by atoms with Crippen LogP contribution in [0.5, 0.6) is 0 Å². The Labute approximate surface area is 190 Å². The maximum absolute atomic E-state index is 9.55. The molecule has 2 aromatic carbocycles. The summed E-state index contributed by atoms with van der Waals surface area (Å²) in [5.41, 5.74) is 8.48. The van der Waals surface area contributed by atoms with Gasteiger partial charge >= 0.3 is 0 Å². The minimum Gasteiger partial charge on any atom is -0.380 e. The van der Waals surface area contributed by atoms with E-state index in [0.29, 0.717) is 12.1 Å². The molecule has 0 unspecified atom stereocenters. The van der Waals surface area contributed by atoms with Gasteiger partial charge in [-0.3, -0.25) is 4.90 Å². The van der Waals surface area contributed by atoms with Crippen LogP contribution in [0.15, 0.2) is 36.4 Å². The van der Waals surface area contributed by atoms with Crippen LogP contribution in [0.4, 0.5) is 17.1 Å². The van der Waals surface area contributed by atoms with Gasteiger partial charge < -0.3 is 20.4 Å². The van der Waals surface area contributed by atoms with Crippen molar-refractivity contribution in [2.45, 2.75) is 32.1 Å². The predicted molar refractivity (Wildman–Crippen MR) is 130 cm³/mol. The monoisotopic (exact) mass is 426 g/mol. The van der Waals surface area contributed by atoms with Gasteiger partial charge in [0.2, 0.25) is 0 Å². The van der Waals surface area contributed by atoms with Crippen molar-refractivity contribution in [1.82, 2.24) is 10.2 Å². The zero-order valence-electron chi connectivity index (χ0n) is 18.6. The second kappa shape index (κ2) is 7.84. The molecule has 0 aliphatic carbocycles. The molecule has 0 radical (unpaired) electrons. The fraction of sp³-hybridized carbons (Fsp3) is 0.423. The molecule has 4 aliphatic heterocycles. The third-order valence-electron chi connectivity index (χ3n) is 7.58. The Balaban J connectivity index is 1.29. The number of nitrogens with one attached hydrogen (secondary N) is 2. The van der Waals surface area contributed by atoms with Gasteiger partial charge in [-0.1, -0.05) is 24.3 Å². The highest BCUT2D eigenvalue weighted by molar-refractivity contribution is 5.84. The quantitative estimate of drug-likeness (QED) is 0.770. The van der Waals surface area contributed by atoms with Crippen LogP contribution < -0.4 is 20.4 Å². The van der Waals surface area contributed by atoms with E-state index in [1.165, 1.54) is 22.5 Å². The molecule has 32 heavy (non-hydrogen) atoms. The molecule has 0 bridgehead atoms. The molecule has 2 aromatic rings. The molecular formula is C26H30N6. The fourth-order valence-corrected chi connectivity index (χ4v) is 6.06. The largest absolute Gasteiger partial charge is 0.380 e. The average Bonchev–Trinajstić information content (AvgIpc) is 3.32. The lowest BCUT2D eigenvalue weighted by molar-refractivity contribution is 0.108. The van der Waals surface area contributed by atoms with Gasteiger partial charge in [-0.25, -0.2) is 0 Å². The van der Waals surface area contributed by atoms with E-state index in [0.717, 1.165) is 69.2 Å². The van der Waals surface area contributed by atoms with E-state index in [1.54, 1.807) is 0 Å². The SMILES string of the molecule is C[C@@H]1CN(c2ccc(C#N)c3c2C=CCN3)C[C@@H]2CN(c3cccc4c3CNC4)CCN21. The Morgan fingerprint density at radius 2 is 1.91 bits per heavy atom. The summed E-state index contributed by atoms with van der Waals surface area (Å²) in [6.45, 7) is 10.4. The highest BCUT2D eigenvalue weighted by Gasteiger charge is 2.37. The van der Waals surface area contributed by atoms with Crippen LogP contribution in [0, 0.1) is 11.3 Å². The molecule has 0 spiro atoms. The van der Waals surface area contributed by atoms with Crippen LogP contribution in [-0.2, 0) is 13.1 Å². The molecule has 6 rings (SSSR count). The number of piperazine rings is 2.